The number of rotatable bonds is 5. The Kier molecular flexibility index (Phi) is 4.44. The molecule has 0 saturated heterocycles. The second-order valence-corrected chi connectivity index (χ2v) is 7.40. The van der Waals surface area contributed by atoms with E-state index in [1.807, 2.05) is 16.8 Å². The van der Waals surface area contributed by atoms with Crippen LogP contribution < -0.4 is 0 Å². The second-order valence-electron chi connectivity index (χ2n) is 6.62. The Balaban J connectivity index is 1.35. The number of hydrogen-bond acceptors (Lipinski definition) is 7. The van der Waals surface area contributed by atoms with E-state index in [-0.39, 0.29) is 23.9 Å². The van der Waals surface area contributed by atoms with Gasteiger partial charge in [-0.2, -0.15) is 21.4 Å². The van der Waals surface area contributed by atoms with Crippen molar-refractivity contribution < 1.29 is 18.4 Å². The first-order valence-electron chi connectivity index (χ1n) is 9.08. The monoisotopic (exact) mass is 410 g/mol. The minimum atomic E-state index is -0.536. The van der Waals surface area contributed by atoms with Crippen molar-refractivity contribution >= 4 is 17.3 Å². The average Bonchev–Trinajstić information content (AvgIpc) is 3.51. The number of ether oxygens (including phenoxy) is 1. The van der Waals surface area contributed by atoms with Gasteiger partial charge in [-0.1, -0.05) is 5.16 Å². The molecule has 1 aliphatic rings. The molecule has 1 aliphatic carbocycles. The van der Waals surface area contributed by atoms with Gasteiger partial charge in [-0.3, -0.25) is 0 Å². The number of hydrogen-bond donors (Lipinski definition) is 0. The van der Waals surface area contributed by atoms with Crippen LogP contribution in [0.25, 0.3) is 17.1 Å². The molecule has 0 bridgehead atoms. The summed E-state index contributed by atoms with van der Waals surface area (Å²) in [5.74, 6) is -0.182. The lowest BCUT2D eigenvalue weighted by atomic mass is 10.2. The summed E-state index contributed by atoms with van der Waals surface area (Å²) in [6.07, 6.45) is 2.50. The van der Waals surface area contributed by atoms with Gasteiger partial charge in [0.2, 0.25) is 5.82 Å². The summed E-state index contributed by atoms with van der Waals surface area (Å²) in [7, 11) is 0. The van der Waals surface area contributed by atoms with E-state index in [4.69, 9.17) is 9.26 Å². The smallest absolute Gasteiger partial charge is 0.359 e. The molecule has 4 aromatic rings. The van der Waals surface area contributed by atoms with E-state index in [2.05, 4.69) is 15.2 Å². The van der Waals surface area contributed by atoms with Gasteiger partial charge in [-0.05, 0) is 55.0 Å². The number of aromatic nitrogens is 4. The molecule has 0 amide bonds. The predicted octanol–water partition coefficient (Wildman–Crippen LogP) is 3.97. The Bertz CT molecular complexity index is 1170. The van der Waals surface area contributed by atoms with Gasteiger partial charge in [-0.25, -0.2) is 13.9 Å². The third kappa shape index (κ3) is 3.33. The highest BCUT2D eigenvalue weighted by Crippen LogP contribution is 2.28. The van der Waals surface area contributed by atoms with Gasteiger partial charge in [0.25, 0.3) is 5.89 Å². The number of nitrogens with zero attached hydrogens (tertiary/aromatic N) is 4. The van der Waals surface area contributed by atoms with Crippen LogP contribution in [0.1, 0.15) is 34.0 Å². The molecule has 0 saturated carbocycles. The van der Waals surface area contributed by atoms with Crippen molar-refractivity contribution in [3.05, 3.63) is 69.7 Å². The Morgan fingerprint density at radius 2 is 2.10 bits per heavy atom. The van der Waals surface area contributed by atoms with Crippen LogP contribution in [0.5, 0.6) is 0 Å². The van der Waals surface area contributed by atoms with Gasteiger partial charge in [0.05, 0.1) is 11.3 Å². The number of thiophene rings is 1. The molecule has 0 atom stereocenters. The fourth-order valence-corrected chi connectivity index (χ4v) is 4.04. The number of esters is 1. The minimum Gasteiger partial charge on any atom is -0.453 e. The van der Waals surface area contributed by atoms with Crippen LogP contribution in [-0.4, -0.2) is 25.9 Å². The minimum absolute atomic E-state index is 0.106. The molecule has 0 aliphatic heterocycles. The number of benzene rings is 1. The Labute approximate surface area is 168 Å². The lowest BCUT2D eigenvalue weighted by Gasteiger charge is -2.05. The van der Waals surface area contributed by atoms with Gasteiger partial charge in [0.15, 0.2) is 12.3 Å². The zero-order valence-electron chi connectivity index (χ0n) is 15.2. The summed E-state index contributed by atoms with van der Waals surface area (Å²) in [6, 6.07) is 7.90. The third-order valence-electron chi connectivity index (χ3n) is 4.76. The highest BCUT2D eigenvalue weighted by Gasteiger charge is 2.28. The van der Waals surface area contributed by atoms with E-state index in [0.717, 1.165) is 36.1 Å². The molecular weight excluding hydrogens is 395 g/mol. The summed E-state index contributed by atoms with van der Waals surface area (Å²) >= 11 is 1.53. The van der Waals surface area contributed by atoms with Crippen LogP contribution >= 0.6 is 11.3 Å². The number of carbonyl (C=O) groups is 1. The van der Waals surface area contributed by atoms with Crippen LogP contribution in [0.2, 0.25) is 0 Å². The average molecular weight is 410 g/mol. The molecule has 1 aromatic carbocycles. The van der Waals surface area contributed by atoms with Gasteiger partial charge in [0, 0.05) is 16.6 Å². The molecule has 0 unspecified atom stereocenters. The molecule has 3 heterocycles. The van der Waals surface area contributed by atoms with E-state index in [0.29, 0.717) is 11.6 Å². The van der Waals surface area contributed by atoms with Crippen molar-refractivity contribution in [1.29, 1.82) is 0 Å². The van der Waals surface area contributed by atoms with Gasteiger partial charge >= 0.3 is 5.97 Å². The van der Waals surface area contributed by atoms with Crippen LogP contribution in [0, 0.1) is 5.82 Å². The summed E-state index contributed by atoms with van der Waals surface area (Å²) in [5, 5.41) is 12.1. The van der Waals surface area contributed by atoms with Gasteiger partial charge < -0.3 is 9.26 Å². The summed E-state index contributed by atoms with van der Waals surface area (Å²) in [5.41, 5.74) is 3.66. The fraction of sp³-hybridized carbons (Fsp3) is 0.200. The van der Waals surface area contributed by atoms with E-state index >= 15 is 0 Å². The molecule has 9 heteroatoms. The maximum absolute atomic E-state index is 13.2. The topological polar surface area (TPSA) is 83.0 Å². The van der Waals surface area contributed by atoms with Crippen LogP contribution in [0.3, 0.4) is 0 Å². The lowest BCUT2D eigenvalue weighted by molar-refractivity contribution is 0.0451. The van der Waals surface area contributed by atoms with Crippen LogP contribution in [0.4, 0.5) is 4.39 Å². The number of halogens is 1. The summed E-state index contributed by atoms with van der Waals surface area (Å²) in [6.45, 7) is -0.106. The molecule has 0 N–H and O–H groups in total. The summed E-state index contributed by atoms with van der Waals surface area (Å²) in [4.78, 5) is 16.9. The molecule has 5 rings (SSSR count). The van der Waals surface area contributed by atoms with Crippen LogP contribution in [0.15, 0.2) is 45.6 Å². The Hall–Kier alpha value is -3.33. The zero-order valence-corrected chi connectivity index (χ0v) is 16.0. The normalized spacial score (nSPS) is 12.9. The number of fused-ring (bicyclic) bond motifs is 1. The number of carbonyl (C=O) groups excluding carboxylic acids is 1. The summed E-state index contributed by atoms with van der Waals surface area (Å²) < 4.78 is 25.5. The highest BCUT2D eigenvalue weighted by molar-refractivity contribution is 7.08. The van der Waals surface area contributed by atoms with Crippen molar-refractivity contribution in [1.82, 2.24) is 19.9 Å². The van der Waals surface area contributed by atoms with Gasteiger partial charge in [-0.15, -0.1) is 0 Å². The third-order valence-corrected chi connectivity index (χ3v) is 5.45. The highest BCUT2D eigenvalue weighted by atomic mass is 32.1. The van der Waals surface area contributed by atoms with Crippen molar-refractivity contribution in [2.24, 2.45) is 0 Å². The molecule has 146 valence electrons. The largest absolute Gasteiger partial charge is 0.453 e. The van der Waals surface area contributed by atoms with Gasteiger partial charge in [0.1, 0.15) is 5.82 Å². The van der Waals surface area contributed by atoms with Crippen LogP contribution in [-0.2, 0) is 24.2 Å². The molecule has 29 heavy (non-hydrogen) atoms. The molecule has 0 fully saturated rings. The molecular formula is C20H15FN4O3S. The lowest BCUT2D eigenvalue weighted by Crippen LogP contribution is -2.10. The van der Waals surface area contributed by atoms with Crippen molar-refractivity contribution in [3.8, 4) is 17.1 Å². The van der Waals surface area contributed by atoms with Crippen molar-refractivity contribution in [3.63, 3.8) is 0 Å². The van der Waals surface area contributed by atoms with Crippen molar-refractivity contribution in [2.75, 3.05) is 0 Å². The van der Waals surface area contributed by atoms with E-state index in [9.17, 15) is 9.18 Å². The SMILES string of the molecule is O=C(OCc1noc(-c2ccsc2)n1)c1nn(-c2ccc(F)cc2)c2c1CCC2. The maximum Gasteiger partial charge on any atom is 0.359 e. The molecule has 0 radical (unpaired) electrons. The molecule has 7 nitrogen and oxygen atoms in total. The second kappa shape index (κ2) is 7.25. The first kappa shape index (κ1) is 17.7. The van der Waals surface area contributed by atoms with E-state index in [1.54, 1.807) is 16.8 Å². The van der Waals surface area contributed by atoms with Crippen molar-refractivity contribution in [2.45, 2.75) is 25.9 Å². The first-order valence-corrected chi connectivity index (χ1v) is 10.0. The van der Waals surface area contributed by atoms with E-state index < -0.39 is 5.97 Å². The Morgan fingerprint density at radius 3 is 2.90 bits per heavy atom. The molecule has 3 aromatic heterocycles. The Morgan fingerprint density at radius 1 is 1.24 bits per heavy atom. The maximum atomic E-state index is 13.2. The zero-order chi connectivity index (χ0) is 19.8. The quantitative estimate of drug-likeness (QED) is 0.463. The standard InChI is InChI=1S/C20H15FN4O3S/c21-13-4-6-14(7-5-13)25-16-3-1-2-15(16)18(23-25)20(26)27-10-17-22-19(28-24-17)12-8-9-29-11-12/h4-9,11H,1-3,10H2. The predicted molar refractivity (Wildman–Crippen MR) is 102 cm³/mol. The molecule has 0 spiro atoms. The fourth-order valence-electron chi connectivity index (χ4n) is 3.41. The van der Waals surface area contributed by atoms with E-state index in [1.165, 1.54) is 23.5 Å². The first-order chi connectivity index (χ1) is 14.2.